The number of hydrogen-bond acceptors (Lipinski definition) is 4. The fraction of sp³-hybridized carbons (Fsp3) is 0.611. The van der Waals surface area contributed by atoms with Gasteiger partial charge in [0.2, 0.25) is 0 Å². The molecule has 1 amide bonds. The largest absolute Gasteiger partial charge is 0.491 e. The molecule has 0 aromatic heterocycles. The second kappa shape index (κ2) is 7.79. The van der Waals surface area contributed by atoms with Crippen molar-refractivity contribution in [3.05, 3.63) is 29.8 Å². The van der Waals surface area contributed by atoms with Gasteiger partial charge in [-0.1, -0.05) is 32.9 Å². The molecule has 1 N–H and O–H groups in total. The SMILES string of the molecule is CC(COc1ccc(C(C)(C)C)cc1)NC(=O)C1COCCO1. The molecule has 0 spiro atoms. The number of carbonyl (C=O) groups excluding carboxylic acids is 1. The van der Waals surface area contributed by atoms with E-state index >= 15 is 0 Å². The van der Waals surface area contributed by atoms with E-state index in [0.29, 0.717) is 26.4 Å². The topological polar surface area (TPSA) is 56.8 Å². The number of ether oxygens (including phenoxy) is 3. The number of rotatable bonds is 5. The first-order chi connectivity index (χ1) is 10.9. The molecule has 0 saturated carbocycles. The van der Waals surface area contributed by atoms with Gasteiger partial charge in [0.05, 0.1) is 25.9 Å². The lowest BCUT2D eigenvalue weighted by Gasteiger charge is -2.24. The molecule has 1 fully saturated rings. The summed E-state index contributed by atoms with van der Waals surface area (Å²) in [5.41, 5.74) is 1.39. The van der Waals surface area contributed by atoms with Gasteiger partial charge in [-0.2, -0.15) is 0 Å². The second-order valence-corrected chi connectivity index (χ2v) is 6.93. The molecule has 2 rings (SSSR count). The predicted octanol–water partition coefficient (Wildman–Crippen LogP) is 2.28. The Morgan fingerprint density at radius 3 is 2.57 bits per heavy atom. The molecule has 0 aliphatic carbocycles. The van der Waals surface area contributed by atoms with Crippen LogP contribution in [0.1, 0.15) is 33.3 Å². The maximum absolute atomic E-state index is 12.0. The lowest BCUT2D eigenvalue weighted by molar-refractivity contribution is -0.148. The van der Waals surface area contributed by atoms with Gasteiger partial charge in [-0.15, -0.1) is 0 Å². The van der Waals surface area contributed by atoms with Gasteiger partial charge in [-0.05, 0) is 30.0 Å². The number of carbonyl (C=O) groups is 1. The van der Waals surface area contributed by atoms with E-state index in [2.05, 4.69) is 38.2 Å². The monoisotopic (exact) mass is 321 g/mol. The van der Waals surface area contributed by atoms with E-state index < -0.39 is 6.10 Å². The molecule has 1 aromatic rings. The van der Waals surface area contributed by atoms with Gasteiger partial charge >= 0.3 is 0 Å². The Balaban J connectivity index is 1.77. The molecule has 1 aromatic carbocycles. The van der Waals surface area contributed by atoms with Crippen molar-refractivity contribution in [1.29, 1.82) is 0 Å². The van der Waals surface area contributed by atoms with E-state index in [1.807, 2.05) is 19.1 Å². The summed E-state index contributed by atoms with van der Waals surface area (Å²) in [6, 6.07) is 7.98. The average Bonchev–Trinajstić information content (AvgIpc) is 2.53. The second-order valence-electron chi connectivity index (χ2n) is 6.93. The van der Waals surface area contributed by atoms with Crippen LogP contribution in [0, 0.1) is 0 Å². The van der Waals surface area contributed by atoms with Crippen LogP contribution in [0.2, 0.25) is 0 Å². The molecule has 128 valence electrons. The van der Waals surface area contributed by atoms with Crippen LogP contribution < -0.4 is 10.1 Å². The van der Waals surface area contributed by atoms with E-state index in [-0.39, 0.29) is 17.4 Å². The van der Waals surface area contributed by atoms with Crippen molar-refractivity contribution in [1.82, 2.24) is 5.32 Å². The minimum absolute atomic E-state index is 0.102. The summed E-state index contributed by atoms with van der Waals surface area (Å²) in [6.45, 7) is 10.2. The molecule has 1 aliphatic heterocycles. The summed E-state index contributed by atoms with van der Waals surface area (Å²) in [6.07, 6.45) is -0.516. The van der Waals surface area contributed by atoms with Crippen LogP contribution in [-0.2, 0) is 19.7 Å². The summed E-state index contributed by atoms with van der Waals surface area (Å²) in [5, 5.41) is 2.89. The van der Waals surface area contributed by atoms with Crippen molar-refractivity contribution in [2.75, 3.05) is 26.4 Å². The van der Waals surface area contributed by atoms with E-state index in [1.54, 1.807) is 0 Å². The van der Waals surface area contributed by atoms with Gasteiger partial charge in [-0.3, -0.25) is 4.79 Å². The van der Waals surface area contributed by atoms with E-state index in [9.17, 15) is 4.79 Å². The molecular formula is C18H27NO4. The van der Waals surface area contributed by atoms with Crippen LogP contribution in [0.3, 0.4) is 0 Å². The molecule has 23 heavy (non-hydrogen) atoms. The molecule has 5 heteroatoms. The summed E-state index contributed by atoms with van der Waals surface area (Å²) in [5.74, 6) is 0.653. The lowest BCUT2D eigenvalue weighted by Crippen LogP contribution is -2.47. The van der Waals surface area contributed by atoms with Gasteiger partial charge in [0.25, 0.3) is 5.91 Å². The van der Waals surface area contributed by atoms with Gasteiger partial charge in [0.15, 0.2) is 6.10 Å². The molecule has 1 heterocycles. The molecule has 0 radical (unpaired) electrons. The normalized spacial score (nSPS) is 19.9. The van der Waals surface area contributed by atoms with Gasteiger partial charge in [0, 0.05) is 0 Å². The highest BCUT2D eigenvalue weighted by Crippen LogP contribution is 2.24. The van der Waals surface area contributed by atoms with Crippen molar-refractivity contribution in [2.45, 2.75) is 45.3 Å². The van der Waals surface area contributed by atoms with Crippen molar-refractivity contribution in [3.63, 3.8) is 0 Å². The number of nitrogens with one attached hydrogen (secondary N) is 1. The molecule has 2 unspecified atom stereocenters. The molecule has 2 atom stereocenters. The predicted molar refractivity (Wildman–Crippen MR) is 88.8 cm³/mol. The van der Waals surface area contributed by atoms with Crippen LogP contribution in [-0.4, -0.2) is 44.5 Å². The Bertz CT molecular complexity index is 501. The fourth-order valence-corrected chi connectivity index (χ4v) is 2.29. The minimum atomic E-state index is -0.516. The Morgan fingerprint density at radius 1 is 1.30 bits per heavy atom. The van der Waals surface area contributed by atoms with E-state index in [1.165, 1.54) is 5.56 Å². The first-order valence-electron chi connectivity index (χ1n) is 8.09. The number of amides is 1. The van der Waals surface area contributed by atoms with E-state index in [4.69, 9.17) is 14.2 Å². The van der Waals surface area contributed by atoms with Crippen LogP contribution in [0.4, 0.5) is 0 Å². The Labute approximate surface area is 138 Å². The number of benzene rings is 1. The quantitative estimate of drug-likeness (QED) is 0.904. The highest BCUT2D eigenvalue weighted by atomic mass is 16.6. The van der Waals surface area contributed by atoms with Crippen molar-refractivity contribution in [3.8, 4) is 5.75 Å². The molecule has 5 nitrogen and oxygen atoms in total. The Hall–Kier alpha value is -1.59. The third kappa shape index (κ3) is 5.52. The van der Waals surface area contributed by atoms with Crippen molar-refractivity contribution in [2.24, 2.45) is 0 Å². The highest BCUT2D eigenvalue weighted by Gasteiger charge is 2.23. The van der Waals surface area contributed by atoms with Crippen molar-refractivity contribution >= 4 is 5.91 Å². The van der Waals surface area contributed by atoms with Crippen LogP contribution in [0.15, 0.2) is 24.3 Å². The van der Waals surface area contributed by atoms with Crippen LogP contribution >= 0.6 is 0 Å². The Morgan fingerprint density at radius 2 is 2.00 bits per heavy atom. The summed E-state index contributed by atoms with van der Waals surface area (Å²) < 4.78 is 16.3. The van der Waals surface area contributed by atoms with Gasteiger partial charge in [0.1, 0.15) is 12.4 Å². The maximum atomic E-state index is 12.0. The Kier molecular flexibility index (Phi) is 6.02. The fourth-order valence-electron chi connectivity index (χ4n) is 2.29. The number of hydrogen-bond donors (Lipinski definition) is 1. The zero-order valence-corrected chi connectivity index (χ0v) is 14.4. The molecule has 1 saturated heterocycles. The first kappa shape index (κ1) is 17.8. The third-order valence-corrected chi connectivity index (χ3v) is 3.72. The minimum Gasteiger partial charge on any atom is -0.491 e. The average molecular weight is 321 g/mol. The zero-order valence-electron chi connectivity index (χ0n) is 14.4. The zero-order chi connectivity index (χ0) is 16.9. The van der Waals surface area contributed by atoms with Gasteiger partial charge < -0.3 is 19.5 Å². The van der Waals surface area contributed by atoms with Crippen molar-refractivity contribution < 1.29 is 19.0 Å². The standard InChI is InChI=1S/C18H27NO4/c1-13(19-17(20)16-12-21-9-10-22-16)11-23-15-7-5-14(6-8-15)18(2,3)4/h5-8,13,16H,9-12H2,1-4H3,(H,19,20). The molecule has 0 bridgehead atoms. The summed E-state index contributed by atoms with van der Waals surface area (Å²) in [4.78, 5) is 12.0. The lowest BCUT2D eigenvalue weighted by atomic mass is 9.87. The third-order valence-electron chi connectivity index (χ3n) is 3.72. The summed E-state index contributed by atoms with van der Waals surface area (Å²) >= 11 is 0. The first-order valence-corrected chi connectivity index (χ1v) is 8.09. The van der Waals surface area contributed by atoms with E-state index in [0.717, 1.165) is 5.75 Å². The van der Waals surface area contributed by atoms with Gasteiger partial charge in [-0.25, -0.2) is 0 Å². The van der Waals surface area contributed by atoms with Crippen LogP contribution in [0.25, 0.3) is 0 Å². The maximum Gasteiger partial charge on any atom is 0.251 e. The molecular weight excluding hydrogens is 294 g/mol. The smallest absolute Gasteiger partial charge is 0.251 e. The molecule has 1 aliphatic rings. The van der Waals surface area contributed by atoms with Crippen LogP contribution in [0.5, 0.6) is 5.75 Å². The highest BCUT2D eigenvalue weighted by molar-refractivity contribution is 5.81. The summed E-state index contributed by atoms with van der Waals surface area (Å²) in [7, 11) is 0.